The molecule has 4 rings (SSSR count). The fourth-order valence-corrected chi connectivity index (χ4v) is 4.59. The van der Waals surface area contributed by atoms with E-state index in [1.54, 1.807) is 25.1 Å². The molecule has 1 aliphatic heterocycles. The number of amides is 1. The van der Waals surface area contributed by atoms with Crippen molar-refractivity contribution in [1.29, 1.82) is 0 Å². The summed E-state index contributed by atoms with van der Waals surface area (Å²) in [6, 6.07) is 8.77. The summed E-state index contributed by atoms with van der Waals surface area (Å²) in [5.74, 6) is -2.52. The van der Waals surface area contributed by atoms with Crippen molar-refractivity contribution in [1.82, 2.24) is 19.2 Å². The van der Waals surface area contributed by atoms with E-state index in [1.807, 2.05) is 43.5 Å². The number of aryl methyl sites for hydroxylation is 2. The molecule has 8 heteroatoms. The lowest BCUT2D eigenvalue weighted by Gasteiger charge is -2.28. The number of pyridine rings is 1. The van der Waals surface area contributed by atoms with Crippen LogP contribution in [0.3, 0.4) is 0 Å². The van der Waals surface area contributed by atoms with Gasteiger partial charge in [-0.05, 0) is 44.6 Å². The number of fused-ring (bicyclic) bond motifs is 1. The monoisotopic (exact) mass is 464 g/mol. The molecule has 0 radical (unpaired) electrons. The zero-order valence-electron chi connectivity index (χ0n) is 19.9. The van der Waals surface area contributed by atoms with Crippen LogP contribution in [0.1, 0.15) is 42.4 Å². The van der Waals surface area contributed by atoms with Crippen molar-refractivity contribution < 1.29 is 19.1 Å². The van der Waals surface area contributed by atoms with Crippen LogP contribution in [-0.2, 0) is 9.59 Å². The van der Waals surface area contributed by atoms with Gasteiger partial charge in [0.25, 0.3) is 11.7 Å². The van der Waals surface area contributed by atoms with Crippen molar-refractivity contribution >= 4 is 23.1 Å². The molecule has 3 heterocycles. The van der Waals surface area contributed by atoms with Gasteiger partial charge in [-0.2, -0.15) is 0 Å². The molecule has 0 aliphatic carbocycles. The smallest absolute Gasteiger partial charge is 0.295 e. The molecule has 1 saturated heterocycles. The van der Waals surface area contributed by atoms with Crippen LogP contribution in [0.25, 0.3) is 11.4 Å². The molecule has 0 bridgehead atoms. The predicted octanol–water partition coefficient (Wildman–Crippen LogP) is 3.85. The maximum atomic E-state index is 15.0. The third-order valence-electron chi connectivity index (χ3n) is 6.60. The van der Waals surface area contributed by atoms with Crippen molar-refractivity contribution in [3.8, 4) is 0 Å². The molecule has 1 aliphatic rings. The lowest BCUT2D eigenvalue weighted by atomic mass is 9.96. The number of aliphatic hydroxyl groups is 1. The second-order valence-electron chi connectivity index (χ2n) is 8.47. The molecule has 0 spiro atoms. The van der Waals surface area contributed by atoms with Gasteiger partial charge in [-0.1, -0.05) is 38.1 Å². The maximum Gasteiger partial charge on any atom is 0.295 e. The lowest BCUT2D eigenvalue weighted by Crippen LogP contribution is -2.38. The number of aromatic nitrogens is 2. The number of nitrogens with zero attached hydrogens (tertiary/aromatic N) is 4. The minimum Gasteiger partial charge on any atom is -0.505 e. The third-order valence-corrected chi connectivity index (χ3v) is 6.60. The van der Waals surface area contributed by atoms with Crippen LogP contribution >= 0.6 is 0 Å². The van der Waals surface area contributed by atoms with Crippen molar-refractivity contribution in [2.45, 2.75) is 33.7 Å². The minimum atomic E-state index is -1.04. The highest BCUT2D eigenvalue weighted by atomic mass is 19.1. The summed E-state index contributed by atoms with van der Waals surface area (Å²) in [5, 5.41) is 11.4. The van der Waals surface area contributed by atoms with E-state index < -0.39 is 29.3 Å². The molecule has 0 saturated carbocycles. The first-order chi connectivity index (χ1) is 16.3. The Morgan fingerprint density at radius 1 is 1.12 bits per heavy atom. The summed E-state index contributed by atoms with van der Waals surface area (Å²) < 4.78 is 16.8. The second kappa shape index (κ2) is 9.38. The van der Waals surface area contributed by atoms with Crippen LogP contribution in [0.2, 0.25) is 0 Å². The number of hydrogen-bond acceptors (Lipinski definition) is 5. The van der Waals surface area contributed by atoms with Gasteiger partial charge in [0.15, 0.2) is 5.76 Å². The molecule has 1 N–H and O–H groups in total. The summed E-state index contributed by atoms with van der Waals surface area (Å²) in [7, 11) is 0. The minimum absolute atomic E-state index is 0.140. The first-order valence-electron chi connectivity index (χ1n) is 11.5. The van der Waals surface area contributed by atoms with E-state index in [4.69, 9.17) is 0 Å². The van der Waals surface area contributed by atoms with E-state index >= 15 is 0 Å². The van der Waals surface area contributed by atoms with Gasteiger partial charge >= 0.3 is 0 Å². The number of rotatable bonds is 7. The molecule has 1 fully saturated rings. The molecule has 1 atom stereocenters. The van der Waals surface area contributed by atoms with Gasteiger partial charge < -0.3 is 19.3 Å². The summed E-state index contributed by atoms with van der Waals surface area (Å²) in [6.07, 6.45) is 1.82. The topological polar surface area (TPSA) is 78.2 Å². The Kier molecular flexibility index (Phi) is 6.52. The number of ketones is 1. The normalized spacial score (nSPS) is 17.9. The molecular formula is C26H29FN4O3. The van der Waals surface area contributed by atoms with Gasteiger partial charge in [-0.3, -0.25) is 9.59 Å². The molecular weight excluding hydrogens is 435 g/mol. The number of likely N-dealkylation sites (N-methyl/N-ethyl adjacent to an activating group) is 1. The standard InChI is InChI=1S/C26H29FN4O3/c1-5-29(6-2)14-15-31-22(18-11-7-8-12-19(18)27)20(24(33)26(31)34)23(32)21-17(4)30-13-9-10-16(3)25(30)28-21/h7-13,22,32H,5-6,14-15H2,1-4H3. The number of likely N-dealkylation sites (tertiary alicyclic amines) is 1. The number of Topliss-reactive ketones (excluding diaryl/α,β-unsaturated/α-hetero) is 1. The first-order valence-corrected chi connectivity index (χ1v) is 11.5. The molecule has 7 nitrogen and oxygen atoms in total. The van der Waals surface area contributed by atoms with Crippen molar-refractivity contribution in [2.24, 2.45) is 0 Å². The molecule has 34 heavy (non-hydrogen) atoms. The molecule has 1 amide bonds. The fraction of sp³-hybridized carbons (Fsp3) is 0.346. The summed E-state index contributed by atoms with van der Waals surface area (Å²) in [4.78, 5) is 34.4. The van der Waals surface area contributed by atoms with Crippen molar-refractivity contribution in [3.63, 3.8) is 0 Å². The Hall–Kier alpha value is -3.52. The average Bonchev–Trinajstić information content (AvgIpc) is 3.30. The van der Waals surface area contributed by atoms with Gasteiger partial charge in [0, 0.05) is 24.8 Å². The summed E-state index contributed by atoms with van der Waals surface area (Å²) >= 11 is 0. The third kappa shape index (κ3) is 3.88. The van der Waals surface area contributed by atoms with E-state index in [-0.39, 0.29) is 23.4 Å². The second-order valence-corrected chi connectivity index (χ2v) is 8.47. The number of imidazole rings is 1. The van der Waals surface area contributed by atoms with Gasteiger partial charge in [0.05, 0.1) is 17.3 Å². The number of halogens is 1. The Labute approximate surface area is 198 Å². The molecule has 178 valence electrons. The van der Waals surface area contributed by atoms with E-state index in [2.05, 4.69) is 9.88 Å². The van der Waals surface area contributed by atoms with E-state index in [0.717, 1.165) is 18.7 Å². The number of carbonyl (C=O) groups excluding carboxylic acids is 2. The van der Waals surface area contributed by atoms with Crippen molar-refractivity contribution in [2.75, 3.05) is 26.2 Å². The highest BCUT2D eigenvalue weighted by Gasteiger charge is 2.47. The Morgan fingerprint density at radius 2 is 1.82 bits per heavy atom. The fourth-order valence-electron chi connectivity index (χ4n) is 4.59. The largest absolute Gasteiger partial charge is 0.505 e. The van der Waals surface area contributed by atoms with Crippen LogP contribution in [0.4, 0.5) is 4.39 Å². The summed E-state index contributed by atoms with van der Waals surface area (Å²) in [6.45, 7) is 10.0. The maximum absolute atomic E-state index is 15.0. The Bertz CT molecular complexity index is 1290. The molecule has 1 aromatic carbocycles. The quantitative estimate of drug-likeness (QED) is 0.326. The molecule has 1 unspecified atom stereocenters. The zero-order chi connectivity index (χ0) is 24.6. The molecule has 3 aromatic rings. The van der Waals surface area contributed by atoms with Crippen LogP contribution in [-0.4, -0.2) is 62.2 Å². The number of carbonyl (C=O) groups is 2. The zero-order valence-corrected chi connectivity index (χ0v) is 19.9. The average molecular weight is 465 g/mol. The van der Waals surface area contributed by atoms with Crippen LogP contribution in [0.5, 0.6) is 0 Å². The Balaban J connectivity index is 1.89. The lowest BCUT2D eigenvalue weighted by molar-refractivity contribution is -0.140. The predicted molar refractivity (Wildman–Crippen MR) is 128 cm³/mol. The van der Waals surface area contributed by atoms with E-state index in [9.17, 15) is 19.1 Å². The van der Waals surface area contributed by atoms with E-state index in [0.29, 0.717) is 17.9 Å². The Morgan fingerprint density at radius 3 is 2.47 bits per heavy atom. The van der Waals surface area contributed by atoms with E-state index in [1.165, 1.54) is 11.0 Å². The van der Waals surface area contributed by atoms with Crippen LogP contribution in [0, 0.1) is 19.7 Å². The summed E-state index contributed by atoms with van der Waals surface area (Å²) in [5.41, 5.74) is 2.39. The molecule has 2 aromatic heterocycles. The van der Waals surface area contributed by atoms with Gasteiger partial charge in [0.2, 0.25) is 0 Å². The number of aliphatic hydroxyl groups excluding tert-OH is 1. The van der Waals surface area contributed by atoms with Crippen LogP contribution < -0.4 is 0 Å². The van der Waals surface area contributed by atoms with Crippen LogP contribution in [0.15, 0.2) is 48.2 Å². The number of benzene rings is 1. The van der Waals surface area contributed by atoms with Gasteiger partial charge in [-0.15, -0.1) is 0 Å². The first kappa shape index (κ1) is 23.6. The highest BCUT2D eigenvalue weighted by molar-refractivity contribution is 6.46. The van der Waals surface area contributed by atoms with Gasteiger partial charge in [0.1, 0.15) is 17.2 Å². The number of hydrogen-bond donors (Lipinski definition) is 1. The van der Waals surface area contributed by atoms with Gasteiger partial charge in [-0.25, -0.2) is 9.37 Å². The van der Waals surface area contributed by atoms with Crippen molar-refractivity contribution in [3.05, 3.63) is 76.5 Å². The SMILES string of the molecule is CCN(CC)CCN1C(=O)C(=O)C(=C(O)c2nc3c(C)cccn3c2C)C1c1ccccc1F. The highest BCUT2D eigenvalue weighted by Crippen LogP contribution is 2.40.